The Balaban J connectivity index is 1.73. The normalized spacial score (nSPS) is 11.0. The van der Waals surface area contributed by atoms with E-state index >= 15 is 0 Å². The Bertz CT molecular complexity index is 788. The Morgan fingerprint density at radius 2 is 1.90 bits per heavy atom. The molecular formula is C16H12N2O3. The van der Waals surface area contributed by atoms with Crippen molar-refractivity contribution in [2.75, 3.05) is 0 Å². The summed E-state index contributed by atoms with van der Waals surface area (Å²) in [6, 6.07) is 15.7. The molecule has 3 aromatic rings. The lowest BCUT2D eigenvalue weighted by Crippen LogP contribution is -2.16. The number of nitrogens with zero attached hydrogens (tertiary/aromatic N) is 1. The number of phenolic OH excluding ortho intramolecular Hbond substituents is 1. The summed E-state index contributed by atoms with van der Waals surface area (Å²) in [4.78, 5) is 11.9. The van der Waals surface area contributed by atoms with Crippen LogP contribution in [0.5, 0.6) is 5.75 Å². The van der Waals surface area contributed by atoms with E-state index in [0.29, 0.717) is 11.1 Å². The second kappa shape index (κ2) is 5.50. The van der Waals surface area contributed by atoms with Crippen molar-refractivity contribution >= 4 is 23.1 Å². The molecule has 0 aliphatic carbocycles. The van der Waals surface area contributed by atoms with E-state index in [2.05, 4.69) is 10.5 Å². The van der Waals surface area contributed by atoms with E-state index < -0.39 is 5.91 Å². The van der Waals surface area contributed by atoms with Gasteiger partial charge in [0, 0.05) is 10.9 Å². The predicted octanol–water partition coefficient (Wildman–Crippen LogP) is 2.90. The molecule has 2 N–H and O–H groups in total. The van der Waals surface area contributed by atoms with Crippen LogP contribution in [0.2, 0.25) is 0 Å². The standard InChI is InChI=1S/C16H12N2O3/c19-13-7-3-1-6-12(13)10-17-18-16(20)15-9-11-5-2-4-8-14(11)21-15/h1-10,19H,(H,18,20)/b17-10-. The minimum Gasteiger partial charge on any atom is -0.507 e. The van der Waals surface area contributed by atoms with Gasteiger partial charge in [0.25, 0.3) is 0 Å². The van der Waals surface area contributed by atoms with E-state index in [9.17, 15) is 9.90 Å². The maximum Gasteiger partial charge on any atom is 0.307 e. The molecule has 21 heavy (non-hydrogen) atoms. The zero-order valence-electron chi connectivity index (χ0n) is 11.0. The molecule has 3 rings (SSSR count). The monoisotopic (exact) mass is 280 g/mol. The molecule has 2 aromatic carbocycles. The highest BCUT2D eigenvalue weighted by molar-refractivity contribution is 5.96. The fourth-order valence-corrected chi connectivity index (χ4v) is 1.91. The number of hydrogen-bond donors (Lipinski definition) is 2. The molecule has 0 spiro atoms. The highest BCUT2D eigenvalue weighted by Crippen LogP contribution is 2.18. The molecule has 104 valence electrons. The van der Waals surface area contributed by atoms with Crippen molar-refractivity contribution in [3.05, 3.63) is 65.9 Å². The Morgan fingerprint density at radius 3 is 2.71 bits per heavy atom. The molecule has 1 amide bonds. The molecule has 1 heterocycles. The predicted molar refractivity (Wildman–Crippen MR) is 79.4 cm³/mol. The molecule has 0 atom stereocenters. The number of benzene rings is 2. The van der Waals surface area contributed by atoms with Crippen LogP contribution in [0.3, 0.4) is 0 Å². The molecule has 0 radical (unpaired) electrons. The molecule has 1 aromatic heterocycles. The van der Waals surface area contributed by atoms with Gasteiger partial charge < -0.3 is 9.52 Å². The number of nitrogens with one attached hydrogen (secondary N) is 1. The van der Waals surface area contributed by atoms with Gasteiger partial charge in [0.2, 0.25) is 0 Å². The topological polar surface area (TPSA) is 74.8 Å². The Kier molecular flexibility index (Phi) is 3.39. The minimum absolute atomic E-state index is 0.0965. The van der Waals surface area contributed by atoms with Crippen molar-refractivity contribution in [2.45, 2.75) is 0 Å². The van der Waals surface area contributed by atoms with Gasteiger partial charge >= 0.3 is 5.91 Å². The molecule has 0 fully saturated rings. The number of hydrogen-bond acceptors (Lipinski definition) is 4. The van der Waals surface area contributed by atoms with Gasteiger partial charge in [0.1, 0.15) is 11.3 Å². The summed E-state index contributed by atoms with van der Waals surface area (Å²) in [5.41, 5.74) is 3.52. The fraction of sp³-hybridized carbons (Fsp3) is 0. The van der Waals surface area contributed by atoms with Gasteiger partial charge in [-0.3, -0.25) is 4.79 Å². The number of hydrazone groups is 1. The molecule has 5 nitrogen and oxygen atoms in total. The number of carbonyl (C=O) groups is 1. The minimum atomic E-state index is -0.446. The third-order valence-electron chi connectivity index (χ3n) is 2.96. The summed E-state index contributed by atoms with van der Waals surface area (Å²) in [6.07, 6.45) is 1.37. The van der Waals surface area contributed by atoms with E-state index in [-0.39, 0.29) is 11.5 Å². The molecule has 0 aliphatic rings. The average molecular weight is 280 g/mol. The van der Waals surface area contributed by atoms with Crippen LogP contribution in [0.1, 0.15) is 16.1 Å². The lowest BCUT2D eigenvalue weighted by Gasteiger charge is -1.97. The lowest BCUT2D eigenvalue weighted by molar-refractivity contribution is 0.0929. The highest BCUT2D eigenvalue weighted by Gasteiger charge is 2.10. The first-order valence-electron chi connectivity index (χ1n) is 6.34. The summed E-state index contributed by atoms with van der Waals surface area (Å²) in [7, 11) is 0. The second-order valence-electron chi connectivity index (χ2n) is 4.41. The van der Waals surface area contributed by atoms with E-state index in [1.165, 1.54) is 6.21 Å². The number of aromatic hydroxyl groups is 1. The first-order chi connectivity index (χ1) is 10.2. The van der Waals surface area contributed by atoms with Crippen LogP contribution in [-0.2, 0) is 0 Å². The van der Waals surface area contributed by atoms with Gasteiger partial charge in [-0.25, -0.2) is 5.43 Å². The smallest absolute Gasteiger partial charge is 0.307 e. The first-order valence-corrected chi connectivity index (χ1v) is 6.34. The number of carbonyl (C=O) groups excluding carboxylic acids is 1. The fourth-order valence-electron chi connectivity index (χ4n) is 1.91. The van der Waals surface area contributed by atoms with Crippen molar-refractivity contribution < 1.29 is 14.3 Å². The van der Waals surface area contributed by atoms with Gasteiger partial charge in [-0.1, -0.05) is 30.3 Å². The van der Waals surface area contributed by atoms with Crippen molar-refractivity contribution in [3.8, 4) is 5.75 Å². The van der Waals surface area contributed by atoms with E-state index in [1.54, 1.807) is 36.4 Å². The zero-order chi connectivity index (χ0) is 14.7. The number of furan rings is 1. The van der Waals surface area contributed by atoms with E-state index in [4.69, 9.17) is 4.42 Å². The number of fused-ring (bicyclic) bond motifs is 1. The van der Waals surface area contributed by atoms with Crippen molar-refractivity contribution in [2.24, 2.45) is 5.10 Å². The van der Waals surface area contributed by atoms with Gasteiger partial charge in [-0.15, -0.1) is 0 Å². The highest BCUT2D eigenvalue weighted by atomic mass is 16.3. The zero-order valence-corrected chi connectivity index (χ0v) is 11.0. The first kappa shape index (κ1) is 12.9. The molecular weight excluding hydrogens is 268 g/mol. The molecule has 0 saturated carbocycles. The Labute approximate surface area is 120 Å². The Hall–Kier alpha value is -3.08. The van der Waals surface area contributed by atoms with Crippen LogP contribution in [0.25, 0.3) is 11.0 Å². The van der Waals surface area contributed by atoms with Crippen LogP contribution < -0.4 is 5.43 Å². The van der Waals surface area contributed by atoms with Crippen molar-refractivity contribution in [1.82, 2.24) is 5.43 Å². The molecule has 0 saturated heterocycles. The second-order valence-corrected chi connectivity index (χ2v) is 4.41. The summed E-state index contributed by atoms with van der Waals surface area (Å²) < 4.78 is 5.42. The van der Waals surface area contributed by atoms with Gasteiger partial charge in [-0.05, 0) is 24.3 Å². The lowest BCUT2D eigenvalue weighted by atomic mass is 10.2. The summed E-state index contributed by atoms with van der Waals surface area (Å²) >= 11 is 0. The van der Waals surface area contributed by atoms with Gasteiger partial charge in [0.15, 0.2) is 5.76 Å². The van der Waals surface area contributed by atoms with Crippen LogP contribution in [-0.4, -0.2) is 17.2 Å². The van der Waals surface area contributed by atoms with Gasteiger partial charge in [-0.2, -0.15) is 5.10 Å². The number of amides is 1. The molecule has 0 bridgehead atoms. The number of rotatable bonds is 3. The van der Waals surface area contributed by atoms with Crippen molar-refractivity contribution in [1.29, 1.82) is 0 Å². The molecule has 5 heteroatoms. The number of phenols is 1. The van der Waals surface area contributed by atoms with Crippen LogP contribution in [0, 0.1) is 0 Å². The quantitative estimate of drug-likeness (QED) is 0.572. The van der Waals surface area contributed by atoms with E-state index in [1.807, 2.05) is 18.2 Å². The maximum absolute atomic E-state index is 11.9. The maximum atomic E-state index is 11.9. The summed E-state index contributed by atoms with van der Waals surface area (Å²) in [5.74, 6) is -0.164. The largest absolute Gasteiger partial charge is 0.507 e. The SMILES string of the molecule is O=C(N/N=C\c1ccccc1O)c1cc2ccccc2o1. The summed E-state index contributed by atoms with van der Waals surface area (Å²) in [6.45, 7) is 0. The van der Waals surface area contributed by atoms with Gasteiger partial charge in [0.05, 0.1) is 6.21 Å². The van der Waals surface area contributed by atoms with Crippen LogP contribution >= 0.6 is 0 Å². The van der Waals surface area contributed by atoms with E-state index in [0.717, 1.165) is 5.39 Å². The van der Waals surface area contributed by atoms with Crippen LogP contribution in [0.15, 0.2) is 64.1 Å². The summed E-state index contributed by atoms with van der Waals surface area (Å²) in [5, 5.41) is 14.2. The van der Waals surface area contributed by atoms with Crippen molar-refractivity contribution in [3.63, 3.8) is 0 Å². The molecule has 0 unspecified atom stereocenters. The third-order valence-corrected chi connectivity index (χ3v) is 2.96. The average Bonchev–Trinajstić information content (AvgIpc) is 2.93. The van der Waals surface area contributed by atoms with Crippen LogP contribution in [0.4, 0.5) is 0 Å². The Morgan fingerprint density at radius 1 is 1.14 bits per heavy atom. The number of para-hydroxylation sites is 2. The molecule has 0 aliphatic heterocycles. The third kappa shape index (κ3) is 2.76.